The lowest BCUT2D eigenvalue weighted by molar-refractivity contribution is -0.116. The van der Waals surface area contributed by atoms with Gasteiger partial charge in [0, 0.05) is 25.2 Å². The zero-order chi connectivity index (χ0) is 19.9. The third-order valence-electron chi connectivity index (χ3n) is 4.30. The van der Waals surface area contributed by atoms with Crippen LogP contribution in [0.2, 0.25) is 0 Å². The highest BCUT2D eigenvalue weighted by molar-refractivity contribution is 7.89. The minimum absolute atomic E-state index is 0.139. The van der Waals surface area contributed by atoms with Crippen LogP contribution in [0.1, 0.15) is 25.8 Å². The average Bonchev–Trinajstić information content (AvgIpc) is 2.67. The number of nitrogens with zero attached hydrogens (tertiary/aromatic N) is 1. The van der Waals surface area contributed by atoms with Crippen molar-refractivity contribution in [1.82, 2.24) is 4.31 Å². The topological polar surface area (TPSA) is 75.7 Å². The lowest BCUT2D eigenvalue weighted by Gasteiger charge is -2.18. The number of amides is 1. The maximum atomic E-state index is 12.5. The molecule has 0 aliphatic rings. The van der Waals surface area contributed by atoms with E-state index < -0.39 is 10.0 Å². The van der Waals surface area contributed by atoms with Crippen molar-refractivity contribution in [3.8, 4) is 5.75 Å². The van der Waals surface area contributed by atoms with Crippen molar-refractivity contribution in [2.75, 3.05) is 25.5 Å². The standard InChI is InChI=1S/C20H26N2O4S/c1-4-22(5-2)27(24,25)18-13-11-17(12-14-18)21-20(23)15-10-16-8-6-7-9-19(16)26-3/h6-9,11-14H,4-5,10,15H2,1-3H3,(H,21,23). The maximum absolute atomic E-state index is 12.5. The molecule has 2 aromatic carbocycles. The molecule has 1 amide bonds. The molecule has 7 heteroatoms. The first-order valence-electron chi connectivity index (χ1n) is 8.94. The lowest BCUT2D eigenvalue weighted by atomic mass is 10.1. The van der Waals surface area contributed by atoms with Crippen LogP contribution in [0, 0.1) is 0 Å². The Morgan fingerprint density at radius 1 is 1.04 bits per heavy atom. The second-order valence-corrected chi connectivity index (χ2v) is 7.91. The van der Waals surface area contributed by atoms with E-state index in [-0.39, 0.29) is 10.8 Å². The van der Waals surface area contributed by atoms with Crippen LogP contribution in [0.4, 0.5) is 5.69 Å². The summed E-state index contributed by atoms with van der Waals surface area (Å²) in [6.45, 7) is 4.44. The zero-order valence-electron chi connectivity index (χ0n) is 15.9. The molecule has 0 unspecified atom stereocenters. The number of methoxy groups -OCH3 is 1. The van der Waals surface area contributed by atoms with Gasteiger partial charge in [-0.3, -0.25) is 4.79 Å². The number of sulfonamides is 1. The van der Waals surface area contributed by atoms with E-state index in [1.807, 2.05) is 24.3 Å². The summed E-state index contributed by atoms with van der Waals surface area (Å²) in [5.74, 6) is 0.622. The third-order valence-corrected chi connectivity index (χ3v) is 6.36. The Hall–Kier alpha value is -2.38. The summed E-state index contributed by atoms with van der Waals surface area (Å²) in [5, 5.41) is 2.80. The van der Waals surface area contributed by atoms with E-state index in [2.05, 4.69) is 5.32 Å². The fraction of sp³-hybridized carbons (Fsp3) is 0.350. The van der Waals surface area contributed by atoms with E-state index >= 15 is 0 Å². The van der Waals surface area contributed by atoms with Gasteiger partial charge in [-0.15, -0.1) is 0 Å². The molecule has 0 heterocycles. The van der Waals surface area contributed by atoms with Crippen molar-refractivity contribution in [3.63, 3.8) is 0 Å². The van der Waals surface area contributed by atoms with Crippen LogP contribution in [-0.2, 0) is 21.2 Å². The van der Waals surface area contributed by atoms with E-state index in [4.69, 9.17) is 4.74 Å². The Labute approximate surface area is 161 Å². The Balaban J connectivity index is 1.99. The number of benzene rings is 2. The number of rotatable bonds is 9. The van der Waals surface area contributed by atoms with Gasteiger partial charge < -0.3 is 10.1 Å². The molecule has 1 N–H and O–H groups in total. The lowest BCUT2D eigenvalue weighted by Crippen LogP contribution is -2.30. The van der Waals surface area contributed by atoms with Crippen LogP contribution in [0.15, 0.2) is 53.4 Å². The number of hydrogen-bond donors (Lipinski definition) is 1. The summed E-state index contributed by atoms with van der Waals surface area (Å²) in [6.07, 6.45) is 0.865. The number of anilines is 1. The first-order valence-corrected chi connectivity index (χ1v) is 10.4. The molecule has 0 aliphatic heterocycles. The fourth-order valence-electron chi connectivity index (χ4n) is 2.80. The first-order chi connectivity index (χ1) is 12.9. The summed E-state index contributed by atoms with van der Waals surface area (Å²) in [5.41, 5.74) is 1.54. The highest BCUT2D eigenvalue weighted by Crippen LogP contribution is 2.20. The van der Waals surface area contributed by atoms with Gasteiger partial charge >= 0.3 is 0 Å². The molecule has 0 fully saturated rings. The number of carbonyl (C=O) groups excluding carboxylic acids is 1. The smallest absolute Gasteiger partial charge is 0.243 e. The Morgan fingerprint density at radius 2 is 1.67 bits per heavy atom. The second kappa shape index (κ2) is 9.53. The van der Waals surface area contributed by atoms with Crippen molar-refractivity contribution in [2.45, 2.75) is 31.6 Å². The minimum atomic E-state index is -3.49. The second-order valence-electron chi connectivity index (χ2n) is 5.97. The van der Waals surface area contributed by atoms with E-state index in [0.29, 0.717) is 31.6 Å². The number of carbonyl (C=O) groups is 1. The predicted molar refractivity (Wildman–Crippen MR) is 106 cm³/mol. The van der Waals surface area contributed by atoms with Crippen molar-refractivity contribution in [1.29, 1.82) is 0 Å². The van der Waals surface area contributed by atoms with Crippen molar-refractivity contribution >= 4 is 21.6 Å². The van der Waals surface area contributed by atoms with E-state index in [0.717, 1.165) is 11.3 Å². The van der Waals surface area contributed by atoms with Crippen LogP contribution >= 0.6 is 0 Å². The molecule has 6 nitrogen and oxygen atoms in total. The summed E-state index contributed by atoms with van der Waals surface area (Å²) in [6, 6.07) is 13.8. The highest BCUT2D eigenvalue weighted by atomic mass is 32.2. The van der Waals surface area contributed by atoms with Crippen molar-refractivity contribution in [3.05, 3.63) is 54.1 Å². The van der Waals surface area contributed by atoms with Crippen LogP contribution in [-0.4, -0.2) is 38.8 Å². The minimum Gasteiger partial charge on any atom is -0.496 e. The average molecular weight is 391 g/mol. The Morgan fingerprint density at radius 3 is 2.26 bits per heavy atom. The summed E-state index contributed by atoms with van der Waals surface area (Å²) >= 11 is 0. The maximum Gasteiger partial charge on any atom is 0.243 e. The molecule has 0 radical (unpaired) electrons. The molecule has 0 spiro atoms. The summed E-state index contributed by atoms with van der Waals surface area (Å²) in [4.78, 5) is 12.4. The van der Waals surface area contributed by atoms with Gasteiger partial charge in [0.1, 0.15) is 5.75 Å². The van der Waals surface area contributed by atoms with Crippen LogP contribution in [0.3, 0.4) is 0 Å². The van der Waals surface area contributed by atoms with Crippen molar-refractivity contribution in [2.24, 2.45) is 0 Å². The van der Waals surface area contributed by atoms with Gasteiger partial charge in [0.2, 0.25) is 15.9 Å². The SMILES string of the molecule is CCN(CC)S(=O)(=O)c1ccc(NC(=O)CCc2ccccc2OC)cc1. The number of ether oxygens (including phenoxy) is 1. The molecule has 0 saturated carbocycles. The van der Waals surface area contributed by atoms with Gasteiger partial charge in [-0.25, -0.2) is 8.42 Å². The van der Waals surface area contributed by atoms with Gasteiger partial charge in [0.15, 0.2) is 0 Å². The number of nitrogens with one attached hydrogen (secondary N) is 1. The fourth-order valence-corrected chi connectivity index (χ4v) is 4.26. The largest absolute Gasteiger partial charge is 0.496 e. The third kappa shape index (κ3) is 5.30. The van der Waals surface area contributed by atoms with Gasteiger partial charge in [-0.1, -0.05) is 32.0 Å². The van der Waals surface area contributed by atoms with Gasteiger partial charge in [0.05, 0.1) is 12.0 Å². The molecule has 0 atom stereocenters. The van der Waals surface area contributed by atoms with Crippen LogP contribution in [0.25, 0.3) is 0 Å². The van der Waals surface area contributed by atoms with Crippen molar-refractivity contribution < 1.29 is 17.9 Å². The molecule has 0 saturated heterocycles. The molecule has 0 aliphatic carbocycles. The van der Waals surface area contributed by atoms with Crippen LogP contribution in [0.5, 0.6) is 5.75 Å². The molecule has 0 aromatic heterocycles. The molecular formula is C20H26N2O4S. The van der Waals surface area contributed by atoms with E-state index in [1.165, 1.54) is 16.4 Å². The molecular weight excluding hydrogens is 364 g/mol. The molecule has 2 aromatic rings. The number of para-hydroxylation sites is 1. The van der Waals surface area contributed by atoms with Gasteiger partial charge in [-0.05, 0) is 42.3 Å². The monoisotopic (exact) mass is 390 g/mol. The molecule has 146 valence electrons. The summed E-state index contributed by atoms with van der Waals surface area (Å²) < 4.78 is 31.6. The first kappa shape index (κ1) is 20.9. The molecule has 2 rings (SSSR count). The highest BCUT2D eigenvalue weighted by Gasteiger charge is 2.21. The van der Waals surface area contributed by atoms with E-state index in [1.54, 1.807) is 33.1 Å². The Kier molecular flexibility index (Phi) is 7.38. The normalized spacial score (nSPS) is 11.4. The number of hydrogen-bond acceptors (Lipinski definition) is 4. The Bertz CT molecular complexity index is 860. The predicted octanol–water partition coefficient (Wildman–Crippen LogP) is 3.30. The number of aryl methyl sites for hydroxylation is 1. The quantitative estimate of drug-likeness (QED) is 0.713. The molecule has 0 bridgehead atoms. The van der Waals surface area contributed by atoms with Gasteiger partial charge in [0.25, 0.3) is 0 Å². The van der Waals surface area contributed by atoms with Crippen LogP contribution < -0.4 is 10.1 Å². The zero-order valence-corrected chi connectivity index (χ0v) is 16.8. The summed E-state index contributed by atoms with van der Waals surface area (Å²) in [7, 11) is -1.89. The van der Waals surface area contributed by atoms with Gasteiger partial charge in [-0.2, -0.15) is 4.31 Å². The molecule has 27 heavy (non-hydrogen) atoms. The van der Waals surface area contributed by atoms with E-state index in [9.17, 15) is 13.2 Å².